The zero-order valence-corrected chi connectivity index (χ0v) is 20.0. The summed E-state index contributed by atoms with van der Waals surface area (Å²) in [6.07, 6.45) is 0.761. The third-order valence-corrected chi connectivity index (χ3v) is 5.93. The molecule has 3 aromatic carbocycles. The predicted octanol–water partition coefficient (Wildman–Crippen LogP) is 6.25. The van der Waals surface area contributed by atoms with Crippen LogP contribution in [0.15, 0.2) is 72.8 Å². The van der Waals surface area contributed by atoms with Crippen molar-refractivity contribution in [2.45, 2.75) is 6.42 Å². The second-order valence-electron chi connectivity index (χ2n) is 7.64. The molecule has 0 N–H and O–H groups in total. The number of rotatable bonds is 8. The lowest BCUT2D eigenvalue weighted by molar-refractivity contribution is 0.0985. The topological polar surface area (TPSA) is 45.7 Å². The Morgan fingerprint density at radius 2 is 1.70 bits per heavy atom. The fourth-order valence-corrected chi connectivity index (χ4v) is 4.33. The molecule has 0 bridgehead atoms. The smallest absolute Gasteiger partial charge is 0.260 e. The molecule has 0 saturated carbocycles. The van der Waals surface area contributed by atoms with E-state index in [4.69, 9.17) is 4.74 Å². The monoisotopic (exact) mass is 485 g/mol. The van der Waals surface area contributed by atoms with Crippen molar-refractivity contribution >= 4 is 45.0 Å². The maximum atomic E-state index is 14.2. The molecule has 1 aromatic heterocycles. The van der Waals surface area contributed by atoms with Crippen LogP contribution in [0.2, 0.25) is 0 Å². The van der Waals surface area contributed by atoms with Crippen molar-refractivity contribution in [1.29, 1.82) is 0 Å². The van der Waals surface area contributed by atoms with Gasteiger partial charge in [-0.05, 0) is 69.5 Å². The number of hydrogen-bond acceptors (Lipinski definition) is 5. The Bertz CT molecular complexity index is 1220. The first-order chi connectivity index (χ1) is 15.5. The van der Waals surface area contributed by atoms with Crippen LogP contribution in [0.1, 0.15) is 16.8 Å². The van der Waals surface area contributed by atoms with E-state index in [9.17, 15) is 9.18 Å². The van der Waals surface area contributed by atoms with E-state index in [-0.39, 0.29) is 24.1 Å². The Labute approximate surface area is 202 Å². The lowest BCUT2D eigenvalue weighted by Crippen LogP contribution is -2.33. The number of benzene rings is 3. The molecule has 0 aliphatic rings. The summed E-state index contributed by atoms with van der Waals surface area (Å²) in [5, 5.41) is 0.489. The van der Waals surface area contributed by atoms with Gasteiger partial charge in [0.05, 0.1) is 4.70 Å². The summed E-state index contributed by atoms with van der Waals surface area (Å²) in [5.41, 5.74) is 0.780. The van der Waals surface area contributed by atoms with Gasteiger partial charge in [0.2, 0.25) is 0 Å². The van der Waals surface area contributed by atoms with E-state index in [1.54, 1.807) is 29.2 Å². The number of nitrogens with zero attached hydrogens (tertiary/aromatic N) is 3. The van der Waals surface area contributed by atoms with E-state index in [2.05, 4.69) is 9.88 Å². The third kappa shape index (κ3) is 6.07. The van der Waals surface area contributed by atoms with Crippen LogP contribution in [0.4, 0.5) is 9.52 Å². The summed E-state index contributed by atoms with van der Waals surface area (Å²) in [6.45, 7) is 1.29. The molecular formula is C25H25ClFN3O2S. The predicted molar refractivity (Wildman–Crippen MR) is 135 cm³/mol. The zero-order chi connectivity index (χ0) is 22.5. The van der Waals surface area contributed by atoms with Gasteiger partial charge >= 0.3 is 0 Å². The molecule has 0 unspecified atom stereocenters. The van der Waals surface area contributed by atoms with Gasteiger partial charge in [-0.25, -0.2) is 9.37 Å². The average Bonchev–Trinajstić information content (AvgIpc) is 3.22. The molecule has 0 aliphatic heterocycles. The van der Waals surface area contributed by atoms with Crippen molar-refractivity contribution in [2.24, 2.45) is 0 Å². The molecule has 0 saturated heterocycles. The van der Waals surface area contributed by atoms with Gasteiger partial charge in [-0.3, -0.25) is 9.69 Å². The molecule has 5 nitrogen and oxygen atoms in total. The Balaban J connectivity index is 0.00000306. The minimum Gasteiger partial charge on any atom is -0.457 e. The minimum atomic E-state index is -0.385. The van der Waals surface area contributed by atoms with Crippen LogP contribution in [0.25, 0.3) is 10.2 Å². The quantitative estimate of drug-likeness (QED) is 0.296. The highest BCUT2D eigenvalue weighted by Crippen LogP contribution is 2.32. The molecule has 1 heterocycles. The fourth-order valence-electron chi connectivity index (χ4n) is 3.32. The molecule has 4 rings (SSSR count). The molecule has 0 fully saturated rings. The number of thiazole rings is 1. The Hall–Kier alpha value is -3.00. The highest BCUT2D eigenvalue weighted by atomic mass is 35.5. The Kier molecular flexibility index (Phi) is 8.38. The SMILES string of the molecule is CN(C)CCCN(C(=O)c1cccc(Oc2ccccc2)c1)c1nc2c(F)cccc2s1.Cl. The maximum absolute atomic E-state index is 14.2. The number of carbonyl (C=O) groups is 1. The average molecular weight is 486 g/mol. The maximum Gasteiger partial charge on any atom is 0.260 e. The molecular weight excluding hydrogens is 461 g/mol. The lowest BCUT2D eigenvalue weighted by atomic mass is 10.2. The molecule has 0 aliphatic carbocycles. The van der Waals surface area contributed by atoms with Crippen LogP contribution >= 0.6 is 23.7 Å². The number of halogens is 2. The number of anilines is 1. The Morgan fingerprint density at radius 1 is 0.970 bits per heavy atom. The molecule has 0 radical (unpaired) electrons. The Morgan fingerprint density at radius 3 is 2.42 bits per heavy atom. The molecule has 8 heteroatoms. The standard InChI is InChI=1S/C25H24FN3O2S.ClH/c1-28(2)15-8-16-29(25-27-23-21(26)13-7-14-22(23)32-25)24(30)18-9-6-12-20(17-18)31-19-10-4-3-5-11-19;/h3-7,9-14,17H,8,15-16H2,1-2H3;1H. The summed E-state index contributed by atoms with van der Waals surface area (Å²) in [6, 6.07) is 21.4. The van der Waals surface area contributed by atoms with Gasteiger partial charge in [0.15, 0.2) is 5.13 Å². The van der Waals surface area contributed by atoms with Crippen molar-refractivity contribution in [1.82, 2.24) is 9.88 Å². The highest BCUT2D eigenvalue weighted by molar-refractivity contribution is 7.22. The van der Waals surface area contributed by atoms with Gasteiger partial charge in [-0.1, -0.05) is 41.7 Å². The van der Waals surface area contributed by atoms with Crippen molar-refractivity contribution < 1.29 is 13.9 Å². The highest BCUT2D eigenvalue weighted by Gasteiger charge is 2.22. The van der Waals surface area contributed by atoms with E-state index in [0.717, 1.165) is 13.0 Å². The van der Waals surface area contributed by atoms with E-state index in [0.29, 0.717) is 39.0 Å². The minimum absolute atomic E-state index is 0. The summed E-state index contributed by atoms with van der Waals surface area (Å²) in [4.78, 5) is 21.7. The van der Waals surface area contributed by atoms with Gasteiger partial charge in [-0.15, -0.1) is 12.4 Å². The fraction of sp³-hybridized carbons (Fsp3) is 0.200. The first-order valence-electron chi connectivity index (χ1n) is 10.4. The van der Waals surface area contributed by atoms with Crippen molar-refractivity contribution in [3.05, 3.63) is 84.2 Å². The van der Waals surface area contributed by atoms with Gasteiger partial charge in [0.25, 0.3) is 5.91 Å². The number of ether oxygens (including phenoxy) is 1. The van der Waals surface area contributed by atoms with E-state index >= 15 is 0 Å². The van der Waals surface area contributed by atoms with Crippen LogP contribution < -0.4 is 9.64 Å². The summed E-state index contributed by atoms with van der Waals surface area (Å²) < 4.78 is 20.8. The van der Waals surface area contributed by atoms with Crippen molar-refractivity contribution in [3.8, 4) is 11.5 Å². The number of amides is 1. The third-order valence-electron chi connectivity index (χ3n) is 4.88. The first-order valence-corrected chi connectivity index (χ1v) is 11.2. The molecule has 1 amide bonds. The van der Waals surface area contributed by atoms with Crippen LogP contribution in [0.3, 0.4) is 0 Å². The normalized spacial score (nSPS) is 10.8. The van der Waals surface area contributed by atoms with E-state index in [1.165, 1.54) is 17.4 Å². The molecule has 0 spiro atoms. The summed E-state index contributed by atoms with van der Waals surface area (Å²) in [7, 11) is 3.98. The molecule has 172 valence electrons. The number of fused-ring (bicyclic) bond motifs is 1. The largest absolute Gasteiger partial charge is 0.457 e. The number of para-hydroxylation sites is 2. The second kappa shape index (κ2) is 11.2. The summed E-state index contributed by atoms with van der Waals surface area (Å²) >= 11 is 1.32. The molecule has 0 atom stereocenters. The molecule has 4 aromatic rings. The van der Waals surface area contributed by atoms with Crippen molar-refractivity contribution in [2.75, 3.05) is 32.1 Å². The number of aromatic nitrogens is 1. The van der Waals surface area contributed by atoms with Gasteiger partial charge in [0.1, 0.15) is 22.8 Å². The van der Waals surface area contributed by atoms with Crippen LogP contribution in [0, 0.1) is 5.82 Å². The van der Waals surface area contributed by atoms with Crippen molar-refractivity contribution in [3.63, 3.8) is 0 Å². The summed E-state index contributed by atoms with van der Waals surface area (Å²) in [5.74, 6) is 0.693. The van der Waals surface area contributed by atoms with Gasteiger partial charge in [-0.2, -0.15) is 0 Å². The van der Waals surface area contributed by atoms with E-state index < -0.39 is 0 Å². The lowest BCUT2D eigenvalue weighted by Gasteiger charge is -2.21. The first kappa shape index (κ1) is 24.6. The van der Waals surface area contributed by atoms with E-state index in [1.807, 2.05) is 56.6 Å². The second-order valence-corrected chi connectivity index (χ2v) is 8.65. The van der Waals surface area contributed by atoms with Gasteiger partial charge < -0.3 is 9.64 Å². The zero-order valence-electron chi connectivity index (χ0n) is 18.4. The van der Waals surface area contributed by atoms with Crippen LogP contribution in [0.5, 0.6) is 11.5 Å². The number of carbonyl (C=O) groups excluding carboxylic acids is 1. The number of hydrogen-bond donors (Lipinski definition) is 0. The van der Waals surface area contributed by atoms with Crippen LogP contribution in [-0.2, 0) is 0 Å². The molecule has 33 heavy (non-hydrogen) atoms. The van der Waals surface area contributed by atoms with Crippen LogP contribution in [-0.4, -0.2) is 43.0 Å². The van der Waals surface area contributed by atoms with Gasteiger partial charge in [0, 0.05) is 12.1 Å².